The molecule has 6 heteroatoms. The zero-order valence-electron chi connectivity index (χ0n) is 14.9. The molecule has 26 heavy (non-hydrogen) atoms. The molecule has 1 N–H and O–H groups in total. The number of nitrogens with zero attached hydrogens (tertiary/aromatic N) is 2. The van der Waals surface area contributed by atoms with Gasteiger partial charge in [0.25, 0.3) is 5.91 Å². The van der Waals surface area contributed by atoms with Crippen LogP contribution in [0.5, 0.6) is 0 Å². The number of fused-ring (bicyclic) bond motifs is 2. The predicted octanol–water partition coefficient (Wildman–Crippen LogP) is 3.45. The second-order valence-corrected chi connectivity index (χ2v) is 8.64. The number of carboxylic acid groups (broad SMARTS) is 1. The highest BCUT2D eigenvalue weighted by Gasteiger charge is 2.61. The lowest BCUT2D eigenvalue weighted by atomic mass is 9.70. The molecule has 3 heterocycles. The fraction of sp³-hybridized carbons (Fsp3) is 0.450. The van der Waals surface area contributed by atoms with Crippen LogP contribution in [-0.2, 0) is 11.2 Å². The summed E-state index contributed by atoms with van der Waals surface area (Å²) in [5, 5.41) is 11.0. The van der Waals surface area contributed by atoms with E-state index in [9.17, 15) is 14.7 Å². The van der Waals surface area contributed by atoms with Crippen LogP contribution < -0.4 is 0 Å². The smallest absolute Gasteiger partial charge is 0.312 e. The first-order valence-electron chi connectivity index (χ1n) is 8.96. The first kappa shape index (κ1) is 17.2. The van der Waals surface area contributed by atoms with Crippen LogP contribution in [-0.4, -0.2) is 39.0 Å². The fourth-order valence-corrected chi connectivity index (χ4v) is 5.66. The van der Waals surface area contributed by atoms with Gasteiger partial charge in [-0.25, -0.2) is 4.98 Å². The topological polar surface area (TPSA) is 70.5 Å². The van der Waals surface area contributed by atoms with Crippen LogP contribution in [0.25, 0.3) is 0 Å². The van der Waals surface area contributed by atoms with Crippen LogP contribution in [0, 0.1) is 19.3 Å². The van der Waals surface area contributed by atoms with Gasteiger partial charge in [-0.15, -0.1) is 11.3 Å². The van der Waals surface area contributed by atoms with Crippen LogP contribution in [0.2, 0.25) is 0 Å². The highest BCUT2D eigenvalue weighted by atomic mass is 32.1. The number of carbonyl (C=O) groups excluding carboxylic acids is 1. The first-order valence-corrected chi connectivity index (χ1v) is 9.78. The minimum Gasteiger partial charge on any atom is -0.481 e. The van der Waals surface area contributed by atoms with Crippen molar-refractivity contribution in [3.05, 3.63) is 51.5 Å². The molecule has 2 fully saturated rings. The van der Waals surface area contributed by atoms with E-state index in [-0.39, 0.29) is 18.0 Å². The Morgan fingerprint density at radius 3 is 2.62 bits per heavy atom. The van der Waals surface area contributed by atoms with E-state index >= 15 is 0 Å². The number of aromatic nitrogens is 1. The summed E-state index contributed by atoms with van der Waals surface area (Å²) >= 11 is 1.40. The van der Waals surface area contributed by atoms with Crippen LogP contribution >= 0.6 is 11.3 Å². The van der Waals surface area contributed by atoms with E-state index < -0.39 is 11.4 Å². The van der Waals surface area contributed by atoms with Crippen molar-refractivity contribution in [3.63, 3.8) is 0 Å². The number of aliphatic carboxylic acids is 1. The molecule has 1 amide bonds. The summed E-state index contributed by atoms with van der Waals surface area (Å²) in [6.45, 7) is 3.74. The van der Waals surface area contributed by atoms with Gasteiger partial charge in [0.1, 0.15) is 4.88 Å². The molecule has 136 valence electrons. The van der Waals surface area contributed by atoms with E-state index in [4.69, 9.17) is 0 Å². The fourth-order valence-electron chi connectivity index (χ4n) is 4.79. The molecule has 2 aliphatic heterocycles. The third-order valence-electron chi connectivity index (χ3n) is 5.86. The third kappa shape index (κ3) is 2.55. The first-order chi connectivity index (χ1) is 12.4. The third-order valence-corrected chi connectivity index (χ3v) is 6.92. The largest absolute Gasteiger partial charge is 0.481 e. The molecule has 4 rings (SSSR count). The number of carbonyl (C=O) groups is 2. The van der Waals surface area contributed by atoms with Crippen molar-refractivity contribution in [1.29, 1.82) is 0 Å². The van der Waals surface area contributed by atoms with Crippen LogP contribution in [0.4, 0.5) is 0 Å². The van der Waals surface area contributed by atoms with Gasteiger partial charge in [-0.2, -0.15) is 0 Å². The standard InChI is InChI=1S/C20H22N2O3S/c1-12-17(26-13(2)21-12)18(23)22-15-8-9-16(22)20(11-15,19(24)25)10-14-6-4-3-5-7-14/h3-7,15-16H,8-11H2,1-2H3,(H,24,25)/t15-,16+,20+/m0/s1. The van der Waals surface area contributed by atoms with Crippen molar-refractivity contribution in [3.8, 4) is 0 Å². The van der Waals surface area contributed by atoms with Crippen LogP contribution in [0.1, 0.15) is 45.2 Å². The van der Waals surface area contributed by atoms with Gasteiger partial charge in [0, 0.05) is 12.1 Å². The number of carboxylic acids is 1. The minimum absolute atomic E-state index is 0.00844. The molecular formula is C20H22N2O3S. The molecule has 0 radical (unpaired) electrons. The van der Waals surface area contributed by atoms with Crippen molar-refractivity contribution >= 4 is 23.2 Å². The average molecular weight is 370 g/mol. The summed E-state index contributed by atoms with van der Waals surface area (Å²) < 4.78 is 0. The highest BCUT2D eigenvalue weighted by Crippen LogP contribution is 2.52. The Balaban J connectivity index is 1.68. The van der Waals surface area contributed by atoms with Gasteiger partial charge in [0.2, 0.25) is 0 Å². The number of hydrogen-bond donors (Lipinski definition) is 1. The second kappa shape index (κ2) is 6.20. The predicted molar refractivity (Wildman–Crippen MR) is 99.4 cm³/mol. The molecule has 5 nitrogen and oxygen atoms in total. The van der Waals surface area contributed by atoms with Crippen molar-refractivity contribution in [1.82, 2.24) is 9.88 Å². The van der Waals surface area contributed by atoms with Gasteiger partial charge in [0.15, 0.2) is 0 Å². The van der Waals surface area contributed by atoms with E-state index in [1.165, 1.54) is 11.3 Å². The Hall–Kier alpha value is -2.21. The monoisotopic (exact) mass is 370 g/mol. The molecular weight excluding hydrogens is 348 g/mol. The maximum absolute atomic E-state index is 13.2. The molecule has 3 atom stereocenters. The number of rotatable bonds is 4. The Morgan fingerprint density at radius 2 is 2.00 bits per heavy atom. The highest BCUT2D eigenvalue weighted by molar-refractivity contribution is 7.13. The van der Waals surface area contributed by atoms with Gasteiger partial charge in [0.05, 0.1) is 16.1 Å². The maximum Gasteiger partial charge on any atom is 0.312 e. The molecule has 0 aliphatic carbocycles. The summed E-state index contributed by atoms with van der Waals surface area (Å²) in [6, 6.07) is 9.50. The summed E-state index contributed by atoms with van der Waals surface area (Å²) in [4.78, 5) is 32.4. The van der Waals surface area contributed by atoms with Crippen molar-refractivity contribution < 1.29 is 14.7 Å². The van der Waals surface area contributed by atoms with Crippen molar-refractivity contribution in [2.45, 2.75) is 51.6 Å². The number of benzene rings is 1. The normalized spacial score (nSPS) is 27.1. The Labute approximate surface area is 156 Å². The molecule has 2 aliphatic rings. The molecule has 1 aromatic heterocycles. The summed E-state index contributed by atoms with van der Waals surface area (Å²) in [6.07, 6.45) is 2.64. The lowest BCUT2D eigenvalue weighted by Crippen LogP contribution is -2.46. The summed E-state index contributed by atoms with van der Waals surface area (Å²) in [5.74, 6) is -0.833. The van der Waals surface area contributed by atoms with Crippen LogP contribution in [0.15, 0.2) is 30.3 Å². The Bertz CT molecular complexity index is 863. The molecule has 2 aromatic rings. The molecule has 2 saturated heterocycles. The number of thiazole rings is 1. The van der Waals surface area contributed by atoms with E-state index in [2.05, 4.69) is 4.98 Å². The van der Waals surface area contributed by atoms with Crippen molar-refractivity contribution in [2.24, 2.45) is 5.41 Å². The molecule has 2 bridgehead atoms. The van der Waals surface area contributed by atoms with Gasteiger partial charge < -0.3 is 10.0 Å². The average Bonchev–Trinajstić information content (AvgIpc) is 3.26. The maximum atomic E-state index is 13.2. The lowest BCUT2D eigenvalue weighted by Gasteiger charge is -2.33. The molecule has 1 aromatic carbocycles. The van der Waals surface area contributed by atoms with Gasteiger partial charge in [-0.3, -0.25) is 9.59 Å². The zero-order valence-corrected chi connectivity index (χ0v) is 15.8. The minimum atomic E-state index is -0.895. The summed E-state index contributed by atoms with van der Waals surface area (Å²) in [5.41, 5.74) is 0.862. The Morgan fingerprint density at radius 1 is 1.27 bits per heavy atom. The van der Waals surface area contributed by atoms with Gasteiger partial charge >= 0.3 is 5.97 Å². The quantitative estimate of drug-likeness (QED) is 0.895. The number of amides is 1. The van der Waals surface area contributed by atoms with Crippen LogP contribution in [0.3, 0.4) is 0 Å². The number of aryl methyl sites for hydroxylation is 2. The van der Waals surface area contributed by atoms with Gasteiger partial charge in [-0.05, 0) is 45.1 Å². The van der Waals surface area contributed by atoms with Gasteiger partial charge in [-0.1, -0.05) is 30.3 Å². The van der Waals surface area contributed by atoms with Crippen molar-refractivity contribution in [2.75, 3.05) is 0 Å². The van der Waals surface area contributed by atoms with E-state index in [0.29, 0.717) is 17.7 Å². The second-order valence-electron chi connectivity index (χ2n) is 7.43. The Kier molecular flexibility index (Phi) is 4.10. The molecule has 0 spiro atoms. The zero-order chi connectivity index (χ0) is 18.5. The number of hydrogen-bond acceptors (Lipinski definition) is 4. The SMILES string of the molecule is Cc1nc(C)c(C(=O)N2[C@H]3CC[C@@H]2[C@](Cc2ccccc2)(C(=O)O)C3)s1. The van der Waals surface area contributed by atoms with E-state index in [1.807, 2.05) is 49.1 Å². The van der Waals surface area contributed by atoms with E-state index in [0.717, 1.165) is 29.1 Å². The lowest BCUT2D eigenvalue weighted by molar-refractivity contribution is -0.150. The summed E-state index contributed by atoms with van der Waals surface area (Å²) in [7, 11) is 0. The molecule has 0 saturated carbocycles. The van der Waals surface area contributed by atoms with E-state index in [1.54, 1.807) is 0 Å². The molecule has 0 unspecified atom stereocenters.